The van der Waals surface area contributed by atoms with Crippen LogP contribution < -0.4 is 10.1 Å². The van der Waals surface area contributed by atoms with Gasteiger partial charge in [0, 0.05) is 11.6 Å². The maximum atomic E-state index is 12.5. The number of nitro groups is 1. The van der Waals surface area contributed by atoms with Crippen LogP contribution in [0.25, 0.3) is 0 Å². The van der Waals surface area contributed by atoms with Crippen LogP contribution in [0.5, 0.6) is 5.75 Å². The summed E-state index contributed by atoms with van der Waals surface area (Å²) < 4.78 is 5.29. The Morgan fingerprint density at radius 1 is 1.20 bits per heavy atom. The minimum atomic E-state index is -0.625. The number of halogens is 1. The highest BCUT2D eigenvalue weighted by molar-refractivity contribution is 6.32. The van der Waals surface area contributed by atoms with Crippen molar-refractivity contribution in [2.24, 2.45) is 0 Å². The molecule has 0 atom stereocenters. The highest BCUT2D eigenvalue weighted by Gasteiger charge is 2.19. The number of carbonyl (C=O) groups excluding carboxylic acids is 1. The van der Waals surface area contributed by atoms with Crippen LogP contribution in [-0.4, -0.2) is 17.9 Å². The fraction of sp³-hybridized carbons (Fsp3) is 0.278. The van der Waals surface area contributed by atoms with Gasteiger partial charge in [0.2, 0.25) is 0 Å². The van der Waals surface area contributed by atoms with Gasteiger partial charge < -0.3 is 10.1 Å². The molecule has 2 aromatic rings. The van der Waals surface area contributed by atoms with Gasteiger partial charge in [-0.3, -0.25) is 14.9 Å². The summed E-state index contributed by atoms with van der Waals surface area (Å²) >= 11 is 5.78. The number of nitrogens with one attached hydrogen (secondary N) is 1. The number of hydrogen-bond donors (Lipinski definition) is 1. The molecule has 0 aliphatic rings. The van der Waals surface area contributed by atoms with Crippen molar-refractivity contribution in [3.63, 3.8) is 0 Å². The highest BCUT2D eigenvalue weighted by Crippen LogP contribution is 2.32. The number of carbonyl (C=O) groups is 1. The van der Waals surface area contributed by atoms with Gasteiger partial charge in [0.25, 0.3) is 11.6 Å². The van der Waals surface area contributed by atoms with E-state index in [2.05, 4.69) is 26.1 Å². The number of nitro benzene ring substituents is 1. The maximum absolute atomic E-state index is 12.5. The van der Waals surface area contributed by atoms with Crippen LogP contribution in [0, 0.1) is 10.1 Å². The quantitative estimate of drug-likeness (QED) is 0.625. The first-order valence-corrected chi connectivity index (χ1v) is 7.95. The van der Waals surface area contributed by atoms with Gasteiger partial charge in [-0.05, 0) is 35.2 Å². The van der Waals surface area contributed by atoms with Crippen LogP contribution in [0.3, 0.4) is 0 Å². The molecule has 2 aromatic carbocycles. The van der Waals surface area contributed by atoms with Gasteiger partial charge in [0.15, 0.2) is 0 Å². The van der Waals surface area contributed by atoms with Crippen LogP contribution >= 0.6 is 11.6 Å². The number of amides is 1. The summed E-state index contributed by atoms with van der Waals surface area (Å²) in [6.07, 6.45) is 0. The molecule has 0 aliphatic heterocycles. The lowest BCUT2D eigenvalue weighted by Crippen LogP contribution is -2.15. The number of hydrogen-bond acceptors (Lipinski definition) is 4. The average molecular weight is 363 g/mol. The SMILES string of the molecule is COc1ccc(C(C)(C)C)cc1NC(=O)c1ccc(Cl)c([N+](=O)[O-])c1. The number of methoxy groups -OCH3 is 1. The third kappa shape index (κ3) is 4.28. The van der Waals surface area contributed by atoms with Gasteiger partial charge in [-0.25, -0.2) is 0 Å². The second-order valence-corrected chi connectivity index (χ2v) is 6.95. The Kier molecular flexibility index (Phi) is 5.33. The number of anilines is 1. The molecule has 1 N–H and O–H groups in total. The van der Waals surface area contributed by atoms with Crippen molar-refractivity contribution in [1.29, 1.82) is 0 Å². The summed E-state index contributed by atoms with van der Waals surface area (Å²) in [7, 11) is 1.51. The van der Waals surface area contributed by atoms with Crippen LogP contribution in [0.4, 0.5) is 11.4 Å². The lowest BCUT2D eigenvalue weighted by atomic mass is 9.87. The van der Waals surface area contributed by atoms with E-state index in [1.165, 1.54) is 19.2 Å². The molecule has 0 radical (unpaired) electrons. The molecule has 0 aromatic heterocycles. The Hall–Kier alpha value is -2.60. The zero-order valence-electron chi connectivity index (χ0n) is 14.4. The molecule has 0 saturated heterocycles. The minimum absolute atomic E-state index is 0.0196. The molecule has 0 saturated carbocycles. The molecular formula is C18H19ClN2O4. The smallest absolute Gasteiger partial charge is 0.288 e. The van der Waals surface area contributed by atoms with Crippen LogP contribution in [0.15, 0.2) is 36.4 Å². The number of nitrogens with zero attached hydrogens (tertiary/aromatic N) is 1. The molecule has 0 heterocycles. The molecule has 0 unspecified atom stereocenters. The molecule has 132 valence electrons. The van der Waals surface area contributed by atoms with E-state index in [1.54, 1.807) is 6.07 Å². The summed E-state index contributed by atoms with van der Waals surface area (Å²) in [4.78, 5) is 22.9. The maximum Gasteiger partial charge on any atom is 0.288 e. The fourth-order valence-electron chi connectivity index (χ4n) is 2.26. The molecule has 7 heteroatoms. The van der Waals surface area contributed by atoms with Crippen LogP contribution in [0.1, 0.15) is 36.7 Å². The minimum Gasteiger partial charge on any atom is -0.495 e. The lowest BCUT2D eigenvalue weighted by molar-refractivity contribution is -0.384. The number of rotatable bonds is 4. The van der Waals surface area contributed by atoms with Crippen LogP contribution in [-0.2, 0) is 5.41 Å². The van der Waals surface area contributed by atoms with E-state index in [0.717, 1.165) is 11.6 Å². The first-order chi connectivity index (χ1) is 11.6. The van der Waals surface area contributed by atoms with E-state index in [4.69, 9.17) is 16.3 Å². The molecule has 2 rings (SSSR count). The summed E-state index contributed by atoms with van der Waals surface area (Å²) in [6.45, 7) is 6.18. The third-order valence-electron chi connectivity index (χ3n) is 3.72. The van der Waals surface area contributed by atoms with Gasteiger partial charge in [-0.2, -0.15) is 0 Å². The second kappa shape index (κ2) is 7.11. The largest absolute Gasteiger partial charge is 0.495 e. The summed E-state index contributed by atoms with van der Waals surface area (Å²) in [5.41, 5.74) is 1.23. The molecule has 0 aliphatic carbocycles. The van der Waals surface area contributed by atoms with Crippen molar-refractivity contribution in [2.45, 2.75) is 26.2 Å². The van der Waals surface area contributed by atoms with Crippen LogP contribution in [0.2, 0.25) is 5.02 Å². The van der Waals surface area contributed by atoms with Crippen molar-refractivity contribution in [2.75, 3.05) is 12.4 Å². The fourth-order valence-corrected chi connectivity index (χ4v) is 2.45. The van der Waals surface area contributed by atoms with E-state index < -0.39 is 10.8 Å². The standard InChI is InChI=1S/C18H19ClN2O4/c1-18(2,3)12-6-8-16(25-4)14(10-12)20-17(22)11-5-7-13(19)15(9-11)21(23)24/h5-10H,1-4H3,(H,20,22). The molecule has 25 heavy (non-hydrogen) atoms. The van der Waals surface area contributed by atoms with E-state index >= 15 is 0 Å². The van der Waals surface area contributed by atoms with Crippen molar-refractivity contribution in [3.05, 3.63) is 62.7 Å². The second-order valence-electron chi connectivity index (χ2n) is 6.54. The Balaban J connectivity index is 2.37. The number of benzene rings is 2. The highest BCUT2D eigenvalue weighted by atomic mass is 35.5. The topological polar surface area (TPSA) is 81.5 Å². The summed E-state index contributed by atoms with van der Waals surface area (Å²) in [6, 6.07) is 9.46. The van der Waals surface area contributed by atoms with Crippen molar-refractivity contribution < 1.29 is 14.5 Å². The number of ether oxygens (including phenoxy) is 1. The normalized spacial score (nSPS) is 11.1. The van der Waals surface area contributed by atoms with Gasteiger partial charge in [0.05, 0.1) is 17.7 Å². The third-order valence-corrected chi connectivity index (χ3v) is 4.04. The lowest BCUT2D eigenvalue weighted by Gasteiger charge is -2.21. The van der Waals surface area contributed by atoms with Crippen molar-refractivity contribution in [1.82, 2.24) is 0 Å². The molecule has 6 nitrogen and oxygen atoms in total. The van der Waals surface area contributed by atoms with E-state index in [1.807, 2.05) is 12.1 Å². The Morgan fingerprint density at radius 3 is 2.44 bits per heavy atom. The first-order valence-electron chi connectivity index (χ1n) is 7.57. The Labute approximate surface area is 150 Å². The van der Waals surface area contributed by atoms with Gasteiger partial charge >= 0.3 is 0 Å². The zero-order chi connectivity index (χ0) is 18.8. The van der Waals surface area contributed by atoms with E-state index in [9.17, 15) is 14.9 Å². The van der Waals surface area contributed by atoms with Gasteiger partial charge in [-0.1, -0.05) is 38.4 Å². The molecule has 0 spiro atoms. The summed E-state index contributed by atoms with van der Waals surface area (Å²) in [5.74, 6) is 0.0222. The van der Waals surface area contributed by atoms with Crippen molar-refractivity contribution in [3.8, 4) is 5.75 Å². The molecular weight excluding hydrogens is 344 g/mol. The van der Waals surface area contributed by atoms with Gasteiger partial charge in [-0.15, -0.1) is 0 Å². The van der Waals surface area contributed by atoms with E-state index in [-0.39, 0.29) is 21.7 Å². The predicted octanol–water partition coefficient (Wildman–Crippen LogP) is 4.81. The van der Waals surface area contributed by atoms with Gasteiger partial charge in [0.1, 0.15) is 10.8 Å². The molecule has 1 amide bonds. The monoisotopic (exact) mass is 362 g/mol. The first kappa shape index (κ1) is 18.7. The predicted molar refractivity (Wildman–Crippen MR) is 97.8 cm³/mol. The molecule has 0 fully saturated rings. The average Bonchev–Trinajstić information content (AvgIpc) is 2.54. The summed E-state index contributed by atoms with van der Waals surface area (Å²) in [5, 5.41) is 13.7. The van der Waals surface area contributed by atoms with E-state index in [0.29, 0.717) is 11.4 Å². The van der Waals surface area contributed by atoms with Crippen molar-refractivity contribution >= 4 is 28.9 Å². The molecule has 0 bridgehead atoms. The zero-order valence-corrected chi connectivity index (χ0v) is 15.2. The Morgan fingerprint density at radius 2 is 1.88 bits per heavy atom. The Bertz CT molecular complexity index is 828.